The largest absolute Gasteiger partial charge is 0.489 e. The Morgan fingerprint density at radius 2 is 1.76 bits per heavy atom. The van der Waals surface area contributed by atoms with Crippen LogP contribution in [0.1, 0.15) is 60.3 Å². The second-order valence-corrected chi connectivity index (χ2v) is 13.8. The Bertz CT molecular complexity index is 1700. The maximum Gasteiger partial charge on any atom is 0.251 e. The first-order valence-corrected chi connectivity index (χ1v) is 16.8. The molecule has 6 rings (SSSR count). The Kier molecular flexibility index (Phi) is 7.85. The van der Waals surface area contributed by atoms with Crippen molar-refractivity contribution < 1.29 is 17.9 Å². The maximum atomic E-state index is 13.5. The Labute approximate surface area is 248 Å². The van der Waals surface area contributed by atoms with Gasteiger partial charge in [0.1, 0.15) is 16.7 Å². The first kappa shape index (κ1) is 28.5. The molecule has 42 heavy (non-hydrogen) atoms. The molecule has 1 aliphatic heterocycles. The Hall–Kier alpha value is -3.62. The van der Waals surface area contributed by atoms with Crippen LogP contribution in [-0.2, 0) is 16.3 Å². The number of hydrogen-bond acceptors (Lipinski definition) is 5. The van der Waals surface area contributed by atoms with Crippen molar-refractivity contribution in [2.75, 3.05) is 26.4 Å². The lowest BCUT2D eigenvalue weighted by Crippen LogP contribution is -2.35. The third-order valence-electron chi connectivity index (χ3n) is 8.62. The molecule has 1 atom stereocenters. The van der Waals surface area contributed by atoms with E-state index in [-0.39, 0.29) is 22.9 Å². The van der Waals surface area contributed by atoms with E-state index in [4.69, 9.17) is 4.74 Å². The van der Waals surface area contributed by atoms with Crippen molar-refractivity contribution in [3.05, 3.63) is 83.6 Å². The van der Waals surface area contributed by atoms with E-state index in [1.807, 2.05) is 42.5 Å². The summed E-state index contributed by atoms with van der Waals surface area (Å²) in [4.78, 5) is 19.5. The van der Waals surface area contributed by atoms with Gasteiger partial charge in [0.25, 0.3) is 5.91 Å². The van der Waals surface area contributed by atoms with Gasteiger partial charge in [-0.2, -0.15) is 0 Å². The molecule has 3 aromatic carbocycles. The van der Waals surface area contributed by atoms with Gasteiger partial charge in [-0.1, -0.05) is 43.3 Å². The van der Waals surface area contributed by atoms with Gasteiger partial charge in [-0.3, -0.25) is 4.79 Å². The summed E-state index contributed by atoms with van der Waals surface area (Å²) in [6, 6.07) is 21.3. The topological polar surface area (TPSA) is 91.5 Å². The highest BCUT2D eigenvalue weighted by molar-refractivity contribution is 7.90. The smallest absolute Gasteiger partial charge is 0.251 e. The Morgan fingerprint density at radius 1 is 1.02 bits per heavy atom. The Balaban J connectivity index is 1.35. The molecule has 2 aliphatic rings. The van der Waals surface area contributed by atoms with E-state index in [0.717, 1.165) is 78.5 Å². The zero-order valence-electron chi connectivity index (χ0n) is 24.5. The molecule has 2 heterocycles. The summed E-state index contributed by atoms with van der Waals surface area (Å²) in [6.45, 7) is 3.92. The number of benzene rings is 3. The van der Waals surface area contributed by atoms with Gasteiger partial charge in [0.15, 0.2) is 9.84 Å². The van der Waals surface area contributed by atoms with Crippen LogP contribution in [0.3, 0.4) is 0 Å². The molecule has 4 aromatic rings. The van der Waals surface area contributed by atoms with E-state index in [1.165, 1.54) is 6.26 Å². The fourth-order valence-electron chi connectivity index (χ4n) is 6.10. The molecule has 0 radical (unpaired) electrons. The first-order valence-electron chi connectivity index (χ1n) is 14.9. The second-order valence-electron chi connectivity index (χ2n) is 11.8. The van der Waals surface area contributed by atoms with Crippen LogP contribution in [0.5, 0.6) is 5.75 Å². The van der Waals surface area contributed by atoms with Crippen molar-refractivity contribution >= 4 is 26.6 Å². The maximum absolute atomic E-state index is 13.5. The average Bonchev–Trinajstić information content (AvgIpc) is 3.76. The van der Waals surface area contributed by atoms with Crippen LogP contribution in [0.4, 0.5) is 0 Å². The molecule has 1 amide bonds. The van der Waals surface area contributed by atoms with Crippen LogP contribution in [0.15, 0.2) is 71.6 Å². The number of aryl methyl sites for hydroxylation is 1. The van der Waals surface area contributed by atoms with Crippen molar-refractivity contribution in [1.29, 1.82) is 0 Å². The third-order valence-corrected chi connectivity index (χ3v) is 9.74. The van der Waals surface area contributed by atoms with Crippen LogP contribution in [0, 0.1) is 5.92 Å². The number of nitrogens with one attached hydrogen (secondary N) is 2. The lowest BCUT2D eigenvalue weighted by Gasteiger charge is -2.29. The number of piperidine rings is 1. The molecule has 2 fully saturated rings. The number of hydrogen-bond donors (Lipinski definition) is 2. The summed E-state index contributed by atoms with van der Waals surface area (Å²) in [7, 11) is -1.47. The van der Waals surface area contributed by atoms with Gasteiger partial charge >= 0.3 is 0 Å². The van der Waals surface area contributed by atoms with Crippen molar-refractivity contribution in [3.63, 3.8) is 0 Å². The number of carbonyl (C=O) groups excluding carboxylic acids is 1. The van der Waals surface area contributed by atoms with Gasteiger partial charge in [0, 0.05) is 47.1 Å². The van der Waals surface area contributed by atoms with Gasteiger partial charge in [0.2, 0.25) is 0 Å². The molecule has 1 aromatic heterocycles. The minimum Gasteiger partial charge on any atom is -0.489 e. The molecule has 8 heteroatoms. The zero-order chi connectivity index (χ0) is 29.4. The normalized spacial score (nSPS) is 17.3. The van der Waals surface area contributed by atoms with Gasteiger partial charge in [-0.05, 0) is 86.5 Å². The van der Waals surface area contributed by atoms with Crippen LogP contribution < -0.4 is 10.1 Å². The van der Waals surface area contributed by atoms with E-state index < -0.39 is 9.84 Å². The highest BCUT2D eigenvalue weighted by Gasteiger charge is 2.33. The van der Waals surface area contributed by atoms with Gasteiger partial charge < -0.3 is 19.9 Å². The van der Waals surface area contributed by atoms with E-state index in [9.17, 15) is 13.2 Å². The van der Waals surface area contributed by atoms with E-state index in [1.54, 1.807) is 12.1 Å². The molecule has 1 saturated carbocycles. The first-order chi connectivity index (χ1) is 20.2. The summed E-state index contributed by atoms with van der Waals surface area (Å²) in [5, 5.41) is 4.18. The van der Waals surface area contributed by atoms with Crippen molar-refractivity contribution in [3.8, 4) is 16.9 Å². The van der Waals surface area contributed by atoms with Crippen molar-refractivity contribution in [2.24, 2.45) is 5.92 Å². The molecule has 7 nitrogen and oxygen atoms in total. The van der Waals surface area contributed by atoms with Crippen LogP contribution in [-0.4, -0.2) is 56.7 Å². The Morgan fingerprint density at radius 3 is 2.43 bits per heavy atom. The van der Waals surface area contributed by atoms with E-state index in [2.05, 4.69) is 41.3 Å². The quantitative estimate of drug-likeness (QED) is 0.246. The average molecular weight is 586 g/mol. The number of ether oxygens (including phenoxy) is 1. The predicted molar refractivity (Wildman–Crippen MR) is 167 cm³/mol. The summed E-state index contributed by atoms with van der Waals surface area (Å²) >= 11 is 0. The minimum atomic E-state index is -3.55. The number of fused-ring (bicyclic) bond motifs is 1. The third kappa shape index (κ3) is 5.96. The molecular formula is C34H39N3O4S. The molecule has 1 saturated heterocycles. The number of sulfone groups is 1. The van der Waals surface area contributed by atoms with Crippen LogP contribution in [0.25, 0.3) is 22.0 Å². The predicted octanol–water partition coefficient (Wildman–Crippen LogP) is 6.15. The number of nitrogens with zero attached hydrogens (tertiary/aromatic N) is 1. The number of H-pyrrole nitrogens is 1. The fraction of sp³-hybridized carbons (Fsp3) is 0.382. The number of aromatic nitrogens is 1. The van der Waals surface area contributed by atoms with Gasteiger partial charge in [0.05, 0.1) is 6.04 Å². The lowest BCUT2D eigenvalue weighted by atomic mass is 9.98. The summed E-state index contributed by atoms with van der Waals surface area (Å²) < 4.78 is 32.2. The van der Waals surface area contributed by atoms with Crippen molar-refractivity contribution in [2.45, 2.75) is 56.1 Å². The summed E-state index contributed by atoms with van der Waals surface area (Å²) in [6.07, 6.45) is 5.90. The van der Waals surface area contributed by atoms with Crippen molar-refractivity contribution in [1.82, 2.24) is 15.2 Å². The molecule has 2 N–H and O–H groups in total. The van der Waals surface area contributed by atoms with Gasteiger partial charge in [-0.25, -0.2) is 8.42 Å². The minimum absolute atomic E-state index is 0.0109. The van der Waals surface area contributed by atoms with Crippen LogP contribution in [0.2, 0.25) is 0 Å². The number of carbonyl (C=O) groups is 1. The van der Waals surface area contributed by atoms with E-state index >= 15 is 0 Å². The fourth-order valence-corrected chi connectivity index (χ4v) is 6.93. The van der Waals surface area contributed by atoms with Gasteiger partial charge in [-0.15, -0.1) is 0 Å². The molecule has 1 unspecified atom stereocenters. The molecular weight excluding hydrogens is 546 g/mol. The number of likely N-dealkylation sites (tertiary alicyclic amines) is 1. The zero-order valence-corrected chi connectivity index (χ0v) is 25.3. The number of aromatic amines is 1. The number of amides is 1. The molecule has 1 aliphatic carbocycles. The molecule has 0 bridgehead atoms. The summed E-state index contributed by atoms with van der Waals surface area (Å²) in [5.74, 6) is 0.751. The highest BCUT2D eigenvalue weighted by atomic mass is 32.2. The second kappa shape index (κ2) is 11.6. The molecule has 220 valence electrons. The molecule has 0 spiro atoms. The number of rotatable bonds is 9. The SMILES string of the molecule is CCc1[nH]c2ccc(C(=O)NC(c3ccccc3)C3CC3)cc2c1-c1ccc(OC2CCN(C)CC2)c(S(C)(=O)=O)c1. The van der Waals surface area contributed by atoms with E-state index in [0.29, 0.717) is 17.2 Å². The summed E-state index contributed by atoms with van der Waals surface area (Å²) in [5.41, 5.74) is 5.31. The van der Waals surface area contributed by atoms with Crippen LogP contribution >= 0.6 is 0 Å². The highest BCUT2D eigenvalue weighted by Crippen LogP contribution is 2.41. The lowest BCUT2D eigenvalue weighted by molar-refractivity contribution is 0.0931. The monoisotopic (exact) mass is 585 g/mol. The standard InChI is InChI=1S/C34H39N3O4S/c1-4-28-32(24-13-15-30(31(21-24)42(3,39)40)41-26-16-18-37(2)19-17-26)27-20-25(12-14-29(27)35-28)34(38)36-33(23-10-11-23)22-8-6-5-7-9-22/h5-9,12-15,20-21,23,26,33,35H,4,10-11,16-19H2,1-3H3,(H,36,38).